The van der Waals surface area contributed by atoms with Gasteiger partial charge in [0.1, 0.15) is 17.8 Å². The minimum atomic E-state index is -0.745. The zero-order valence-electron chi connectivity index (χ0n) is 27.2. The Labute approximate surface area is 289 Å². The summed E-state index contributed by atoms with van der Waals surface area (Å²) in [5.41, 5.74) is 3.38. The van der Waals surface area contributed by atoms with E-state index in [1.165, 1.54) is 12.3 Å². The SMILES string of the molecule is CNC(=O)[C@H](CCCc1ccccc1)NC(=O)C1CN(C(=O)Cc2c[nH]c3cc(Cl)ccc23)CC2CN(C(=O)c3ccc(C#N)cn3)CC21. The molecule has 2 fully saturated rings. The third-order valence-electron chi connectivity index (χ3n) is 9.72. The molecule has 4 atom stereocenters. The number of carbonyl (C=O) groups excluding carboxylic acids is 4. The lowest BCUT2D eigenvalue weighted by molar-refractivity contribution is -0.140. The largest absolute Gasteiger partial charge is 0.361 e. The third-order valence-corrected chi connectivity index (χ3v) is 9.96. The van der Waals surface area contributed by atoms with Crippen molar-refractivity contribution >= 4 is 46.1 Å². The van der Waals surface area contributed by atoms with Gasteiger partial charge in [0.05, 0.1) is 17.9 Å². The van der Waals surface area contributed by atoms with Crippen LogP contribution >= 0.6 is 11.6 Å². The molecule has 2 aromatic heterocycles. The average Bonchev–Trinajstić information content (AvgIpc) is 3.74. The topological polar surface area (TPSA) is 151 Å². The van der Waals surface area contributed by atoms with Gasteiger partial charge in [-0.15, -0.1) is 0 Å². The molecule has 2 aliphatic rings. The van der Waals surface area contributed by atoms with Crippen LogP contribution in [0, 0.1) is 29.1 Å². The predicted octanol–water partition coefficient (Wildman–Crippen LogP) is 3.73. The van der Waals surface area contributed by atoms with Crippen molar-refractivity contribution in [2.75, 3.05) is 33.2 Å². The van der Waals surface area contributed by atoms with Crippen molar-refractivity contribution in [3.05, 3.63) is 100 Å². The molecule has 2 saturated heterocycles. The number of nitriles is 1. The van der Waals surface area contributed by atoms with Gasteiger partial charge in [-0.1, -0.05) is 48.0 Å². The van der Waals surface area contributed by atoms with Crippen LogP contribution in [0.1, 0.15) is 40.0 Å². The predicted molar refractivity (Wildman–Crippen MR) is 184 cm³/mol. The Morgan fingerprint density at radius 1 is 1.04 bits per heavy atom. The van der Waals surface area contributed by atoms with E-state index in [4.69, 9.17) is 16.9 Å². The van der Waals surface area contributed by atoms with E-state index in [1.807, 2.05) is 48.5 Å². The Bertz CT molecular complexity index is 1890. The zero-order valence-corrected chi connectivity index (χ0v) is 28.0. The number of nitrogens with one attached hydrogen (secondary N) is 3. The Morgan fingerprint density at radius 3 is 2.57 bits per heavy atom. The quantitative estimate of drug-likeness (QED) is 0.232. The number of hydrogen-bond acceptors (Lipinski definition) is 6. The summed E-state index contributed by atoms with van der Waals surface area (Å²) in [5, 5.41) is 16.3. The highest BCUT2D eigenvalue weighted by atomic mass is 35.5. The molecule has 3 N–H and O–H groups in total. The number of rotatable bonds is 10. The highest BCUT2D eigenvalue weighted by Gasteiger charge is 2.48. The number of amides is 4. The monoisotopic (exact) mass is 679 g/mol. The Morgan fingerprint density at radius 2 is 1.84 bits per heavy atom. The van der Waals surface area contributed by atoms with Crippen LogP contribution in [-0.2, 0) is 27.2 Å². The molecule has 2 aliphatic heterocycles. The number of aromatic amines is 1. The van der Waals surface area contributed by atoms with Crippen molar-refractivity contribution in [3.8, 4) is 6.07 Å². The lowest BCUT2D eigenvalue weighted by Gasteiger charge is -2.40. The number of aryl methyl sites for hydroxylation is 1. The average molecular weight is 680 g/mol. The van der Waals surface area contributed by atoms with Crippen LogP contribution in [0.25, 0.3) is 10.9 Å². The molecule has 4 aromatic rings. The van der Waals surface area contributed by atoms with E-state index in [-0.39, 0.29) is 54.1 Å². The van der Waals surface area contributed by atoms with Gasteiger partial charge in [-0.05, 0) is 66.5 Å². The second kappa shape index (κ2) is 14.9. The number of halogens is 1. The normalized spacial score (nSPS) is 19.2. The minimum absolute atomic E-state index is 0.128. The first-order chi connectivity index (χ1) is 23.7. The fourth-order valence-electron chi connectivity index (χ4n) is 7.13. The van der Waals surface area contributed by atoms with Crippen molar-refractivity contribution in [2.24, 2.45) is 17.8 Å². The Kier molecular flexibility index (Phi) is 10.3. The summed E-state index contributed by atoms with van der Waals surface area (Å²) < 4.78 is 0. The van der Waals surface area contributed by atoms with Gasteiger partial charge in [0.2, 0.25) is 17.7 Å². The summed E-state index contributed by atoms with van der Waals surface area (Å²) >= 11 is 6.16. The van der Waals surface area contributed by atoms with E-state index in [1.54, 1.807) is 35.2 Å². The van der Waals surface area contributed by atoms with E-state index in [0.717, 1.165) is 28.5 Å². The molecule has 4 amide bonds. The Balaban J connectivity index is 1.21. The van der Waals surface area contributed by atoms with Crippen molar-refractivity contribution in [1.82, 2.24) is 30.4 Å². The number of carbonyl (C=O) groups is 4. The van der Waals surface area contributed by atoms with Gasteiger partial charge in [0.15, 0.2) is 0 Å². The van der Waals surface area contributed by atoms with Gasteiger partial charge in [-0.2, -0.15) is 5.26 Å². The molecule has 0 saturated carbocycles. The fourth-order valence-corrected chi connectivity index (χ4v) is 7.30. The molecule has 0 spiro atoms. The van der Waals surface area contributed by atoms with Crippen LogP contribution in [0.4, 0.5) is 0 Å². The molecule has 12 heteroatoms. The fraction of sp³-hybridized carbons (Fsp3) is 0.351. The second-order valence-electron chi connectivity index (χ2n) is 12.8. The molecular weight excluding hydrogens is 642 g/mol. The van der Waals surface area contributed by atoms with Crippen LogP contribution in [0.3, 0.4) is 0 Å². The van der Waals surface area contributed by atoms with Gasteiger partial charge in [0, 0.05) is 61.5 Å². The summed E-state index contributed by atoms with van der Waals surface area (Å²) in [6.07, 6.45) is 5.21. The number of benzene rings is 2. The van der Waals surface area contributed by atoms with Crippen molar-refractivity contribution < 1.29 is 19.2 Å². The third kappa shape index (κ3) is 7.60. The first-order valence-corrected chi connectivity index (χ1v) is 16.9. The van der Waals surface area contributed by atoms with E-state index < -0.39 is 12.0 Å². The number of nitrogens with zero attached hydrogens (tertiary/aromatic N) is 4. The van der Waals surface area contributed by atoms with Gasteiger partial charge >= 0.3 is 0 Å². The van der Waals surface area contributed by atoms with Crippen molar-refractivity contribution in [1.29, 1.82) is 5.26 Å². The number of likely N-dealkylation sites (tertiary alicyclic amines) is 2. The molecule has 0 radical (unpaired) electrons. The smallest absolute Gasteiger partial charge is 0.272 e. The molecule has 252 valence electrons. The van der Waals surface area contributed by atoms with Gasteiger partial charge < -0.3 is 25.4 Å². The first kappa shape index (κ1) is 33.7. The number of pyridine rings is 1. The zero-order chi connectivity index (χ0) is 34.5. The first-order valence-electron chi connectivity index (χ1n) is 16.5. The number of fused-ring (bicyclic) bond motifs is 2. The number of H-pyrrole nitrogens is 1. The summed E-state index contributed by atoms with van der Waals surface area (Å²) in [6, 6.07) is 19.8. The van der Waals surface area contributed by atoms with E-state index in [9.17, 15) is 19.2 Å². The number of aromatic nitrogens is 2. The van der Waals surface area contributed by atoms with Crippen LogP contribution < -0.4 is 10.6 Å². The number of piperidine rings is 1. The highest BCUT2D eigenvalue weighted by Crippen LogP contribution is 2.37. The molecule has 11 nitrogen and oxygen atoms in total. The lowest BCUT2D eigenvalue weighted by atomic mass is 9.79. The van der Waals surface area contributed by atoms with Crippen LogP contribution in [0.5, 0.6) is 0 Å². The summed E-state index contributed by atoms with van der Waals surface area (Å²) in [7, 11) is 1.55. The summed E-state index contributed by atoms with van der Waals surface area (Å²) in [5.74, 6) is -2.04. The van der Waals surface area contributed by atoms with E-state index in [2.05, 4.69) is 20.6 Å². The lowest BCUT2D eigenvalue weighted by Crippen LogP contribution is -2.56. The molecule has 6 rings (SSSR count). The van der Waals surface area contributed by atoms with Crippen LogP contribution in [-0.4, -0.2) is 82.7 Å². The summed E-state index contributed by atoms with van der Waals surface area (Å²) in [4.78, 5) is 65.2. The van der Waals surface area contributed by atoms with E-state index >= 15 is 0 Å². The van der Waals surface area contributed by atoms with Gasteiger partial charge in [0.25, 0.3) is 5.91 Å². The van der Waals surface area contributed by atoms with Crippen LogP contribution in [0.15, 0.2) is 73.1 Å². The molecule has 0 aliphatic carbocycles. The molecule has 4 heterocycles. The molecule has 49 heavy (non-hydrogen) atoms. The van der Waals surface area contributed by atoms with Crippen molar-refractivity contribution in [3.63, 3.8) is 0 Å². The maximum atomic E-state index is 14.1. The van der Waals surface area contributed by atoms with Crippen LogP contribution in [0.2, 0.25) is 5.02 Å². The molecule has 2 aromatic carbocycles. The number of hydrogen-bond donors (Lipinski definition) is 3. The molecular formula is C37H38ClN7O4. The molecule has 3 unspecified atom stereocenters. The number of likely N-dealkylation sites (N-methyl/N-ethyl adjacent to an activating group) is 1. The maximum absolute atomic E-state index is 14.1. The van der Waals surface area contributed by atoms with Gasteiger partial charge in [-0.25, -0.2) is 4.98 Å². The maximum Gasteiger partial charge on any atom is 0.272 e. The van der Waals surface area contributed by atoms with Gasteiger partial charge in [-0.3, -0.25) is 19.2 Å². The minimum Gasteiger partial charge on any atom is -0.361 e. The molecule has 0 bridgehead atoms. The van der Waals surface area contributed by atoms with Crippen molar-refractivity contribution in [2.45, 2.75) is 31.7 Å². The highest BCUT2D eigenvalue weighted by molar-refractivity contribution is 6.31. The summed E-state index contributed by atoms with van der Waals surface area (Å²) in [6.45, 7) is 1.22. The second-order valence-corrected chi connectivity index (χ2v) is 13.3. The van der Waals surface area contributed by atoms with E-state index in [0.29, 0.717) is 43.1 Å². The Hall–Kier alpha value is -5.21. The standard InChI is InChI=1S/C37H38ClN7O4/c1-40-36(48)31(9-5-8-23-6-3-2-4-7-23)43-35(47)30-22-44(34(46)14-25-18-42-33-15-27(38)11-12-28(25)33)19-26-20-45(21-29(26)30)37(49)32-13-10-24(16-39)17-41-32/h2-4,6-7,10-13,15,17-18,26,29-31,42H,5,8-9,14,19-22H2,1H3,(H,40,48)(H,43,47)/t26?,29?,30?,31-/m0/s1.